The summed E-state index contributed by atoms with van der Waals surface area (Å²) in [7, 11) is 0. The minimum absolute atomic E-state index is 0. The van der Waals surface area contributed by atoms with E-state index in [0.717, 1.165) is 0 Å². The minimum Gasteiger partial charge on any atom is -1.00 e. The molecule has 0 spiro atoms. The van der Waals surface area contributed by atoms with Gasteiger partial charge in [-0.2, -0.15) is 0 Å². The number of hydrogen-bond acceptors (Lipinski definition) is 1. The molecule has 1 fully saturated rings. The van der Waals surface area contributed by atoms with Crippen LogP contribution in [0.25, 0.3) is 16.8 Å². The maximum Gasteiger partial charge on any atom is 0.243 e. The van der Waals surface area contributed by atoms with Crippen LogP contribution in [-0.2, 0) is 0 Å². The molecule has 23 heavy (non-hydrogen) atoms. The van der Waals surface area contributed by atoms with Crippen LogP contribution in [0.2, 0.25) is 0 Å². The predicted molar refractivity (Wildman–Crippen MR) is 91.5 cm³/mol. The quantitative estimate of drug-likeness (QED) is 0.460. The largest absolute Gasteiger partial charge is 1.00 e. The summed E-state index contributed by atoms with van der Waals surface area (Å²) < 4.78 is 4.95. The first-order valence-electron chi connectivity index (χ1n) is 7.91. The Bertz CT molecular complexity index is 881. The normalized spacial score (nSPS) is 15.5. The highest BCUT2D eigenvalue weighted by atomic mass is 35.5. The molecule has 2 aliphatic heterocycles. The Morgan fingerprint density at radius 1 is 0.957 bits per heavy atom. The number of hydrogen-bond donors (Lipinski definition) is 0. The number of benzene rings is 1. The van der Waals surface area contributed by atoms with Crippen molar-refractivity contribution in [3.8, 4) is 16.8 Å². The van der Waals surface area contributed by atoms with E-state index in [4.69, 9.17) is 0 Å². The molecular weight excluding hydrogens is 324 g/mol. The van der Waals surface area contributed by atoms with Crippen LogP contribution in [0.4, 0.5) is 0 Å². The summed E-state index contributed by atoms with van der Waals surface area (Å²) in [5.74, 6) is 0. The fraction of sp³-hybridized carbons (Fsp3) is 0.211. The molecule has 0 amide bonds. The van der Waals surface area contributed by atoms with Crippen molar-refractivity contribution in [2.75, 3.05) is 13.1 Å². The molecule has 3 aromatic rings. The third-order valence-electron chi connectivity index (χ3n) is 4.72. The third-order valence-corrected chi connectivity index (χ3v) is 5.70. The maximum atomic E-state index is 2.57. The molecule has 0 atom stereocenters. The van der Waals surface area contributed by atoms with Gasteiger partial charge in [0.25, 0.3) is 0 Å². The van der Waals surface area contributed by atoms with Crippen molar-refractivity contribution in [1.82, 2.24) is 4.57 Å². The van der Waals surface area contributed by atoms with Crippen molar-refractivity contribution in [2.45, 2.75) is 12.8 Å². The molecule has 4 heterocycles. The van der Waals surface area contributed by atoms with Crippen molar-refractivity contribution in [3.63, 3.8) is 0 Å². The molecule has 116 valence electrons. The van der Waals surface area contributed by atoms with Gasteiger partial charge in [0.05, 0.1) is 5.69 Å². The number of fused-ring (bicyclic) bond motifs is 3. The van der Waals surface area contributed by atoms with Gasteiger partial charge in [-0.15, -0.1) is 11.3 Å². The minimum atomic E-state index is 0. The van der Waals surface area contributed by atoms with Gasteiger partial charge in [0.1, 0.15) is 23.7 Å². The van der Waals surface area contributed by atoms with E-state index in [2.05, 4.69) is 63.2 Å². The van der Waals surface area contributed by atoms with Gasteiger partial charge in [0.2, 0.25) is 5.71 Å². The zero-order valence-electron chi connectivity index (χ0n) is 12.7. The Morgan fingerprint density at radius 2 is 1.74 bits per heavy atom. The van der Waals surface area contributed by atoms with E-state index in [0.29, 0.717) is 0 Å². The van der Waals surface area contributed by atoms with Crippen molar-refractivity contribution in [2.24, 2.45) is 0 Å². The molecule has 0 N–H and O–H groups in total. The first-order valence-corrected chi connectivity index (χ1v) is 8.79. The monoisotopic (exact) mass is 340 g/mol. The van der Waals surface area contributed by atoms with E-state index in [9.17, 15) is 0 Å². The molecule has 5 rings (SSSR count). The molecule has 4 heteroatoms. The summed E-state index contributed by atoms with van der Waals surface area (Å²) in [4.78, 5) is 1.44. The van der Waals surface area contributed by atoms with Crippen molar-refractivity contribution < 1.29 is 17.0 Å². The number of thiophene rings is 1. The highest BCUT2D eigenvalue weighted by Crippen LogP contribution is 2.41. The van der Waals surface area contributed by atoms with Crippen LogP contribution in [0, 0.1) is 0 Å². The number of aromatic nitrogens is 1. The van der Waals surface area contributed by atoms with Crippen LogP contribution in [0.1, 0.15) is 23.4 Å². The zero-order chi connectivity index (χ0) is 14.5. The second-order valence-corrected chi connectivity index (χ2v) is 6.88. The summed E-state index contributed by atoms with van der Waals surface area (Å²) in [5, 5.41) is 2.32. The second-order valence-electron chi connectivity index (χ2n) is 6.00. The molecule has 0 saturated carbocycles. The fourth-order valence-electron chi connectivity index (χ4n) is 3.71. The lowest BCUT2D eigenvalue weighted by molar-refractivity contribution is -0.504. The van der Waals surface area contributed by atoms with Gasteiger partial charge >= 0.3 is 0 Å². The average molecular weight is 341 g/mol. The van der Waals surface area contributed by atoms with E-state index in [1.165, 1.54) is 59.0 Å². The Kier molecular flexibility index (Phi) is 3.63. The lowest BCUT2D eigenvalue weighted by Crippen LogP contribution is -3.00. The number of nitrogens with zero attached hydrogens (tertiary/aromatic N) is 2. The highest BCUT2D eigenvalue weighted by molar-refractivity contribution is 7.13. The third kappa shape index (κ3) is 2.11. The smallest absolute Gasteiger partial charge is 0.243 e. The van der Waals surface area contributed by atoms with Gasteiger partial charge in [-0.05, 0) is 17.7 Å². The summed E-state index contributed by atoms with van der Waals surface area (Å²) in [6.45, 7) is 2.39. The van der Waals surface area contributed by atoms with Gasteiger partial charge < -0.3 is 17.0 Å². The average Bonchev–Trinajstić information content (AvgIpc) is 3.30. The predicted octanol–water partition coefficient (Wildman–Crippen LogP) is 1.17. The molecule has 0 bridgehead atoms. The van der Waals surface area contributed by atoms with Crippen molar-refractivity contribution >= 4 is 17.0 Å². The number of halogens is 1. The van der Waals surface area contributed by atoms with Crippen LogP contribution >= 0.6 is 11.3 Å². The van der Waals surface area contributed by atoms with Crippen LogP contribution in [-0.4, -0.2) is 27.9 Å². The SMILES string of the molecule is [Cl-].c1ccc(-c2csc3c2-n2cccc2C3=[N+]2CCCC2)cc1. The molecule has 1 saturated heterocycles. The van der Waals surface area contributed by atoms with Crippen LogP contribution in [0.5, 0.6) is 0 Å². The Balaban J connectivity index is 0.00000135. The Morgan fingerprint density at radius 3 is 2.52 bits per heavy atom. The van der Waals surface area contributed by atoms with E-state index in [-0.39, 0.29) is 12.4 Å². The van der Waals surface area contributed by atoms with Crippen molar-refractivity contribution in [3.05, 3.63) is 64.6 Å². The zero-order valence-corrected chi connectivity index (χ0v) is 14.3. The second kappa shape index (κ2) is 5.66. The topological polar surface area (TPSA) is 7.94 Å². The van der Waals surface area contributed by atoms with E-state index in [1.54, 1.807) is 0 Å². The van der Waals surface area contributed by atoms with E-state index < -0.39 is 0 Å². The molecule has 2 nitrogen and oxygen atoms in total. The van der Waals surface area contributed by atoms with Crippen LogP contribution in [0.3, 0.4) is 0 Å². The lowest BCUT2D eigenvalue weighted by atomic mass is 10.1. The summed E-state index contributed by atoms with van der Waals surface area (Å²) in [6, 6.07) is 15.2. The molecule has 0 aliphatic carbocycles. The standard InChI is InChI=1S/C19H17N2S.ClH/c1-2-7-14(8-3-1)15-13-22-19-17(15)21-12-6-9-16(21)18(19)20-10-4-5-11-20;/h1-3,6-9,12-13H,4-5,10-11H2;1H/q+1;/p-1. The summed E-state index contributed by atoms with van der Waals surface area (Å²) in [5.41, 5.74) is 6.85. The van der Waals surface area contributed by atoms with Gasteiger partial charge in [0, 0.05) is 30.0 Å². The first-order chi connectivity index (χ1) is 10.9. The van der Waals surface area contributed by atoms with E-state index >= 15 is 0 Å². The van der Waals surface area contributed by atoms with Gasteiger partial charge in [-0.25, -0.2) is 4.58 Å². The van der Waals surface area contributed by atoms with Crippen molar-refractivity contribution in [1.29, 1.82) is 0 Å². The van der Waals surface area contributed by atoms with Gasteiger partial charge in [-0.3, -0.25) is 0 Å². The molecule has 0 unspecified atom stereocenters. The first kappa shape index (κ1) is 14.7. The molecule has 0 radical (unpaired) electrons. The summed E-state index contributed by atoms with van der Waals surface area (Å²) in [6.07, 6.45) is 4.84. The lowest BCUT2D eigenvalue weighted by Gasteiger charge is -2.03. The van der Waals surface area contributed by atoms with Gasteiger partial charge in [-0.1, -0.05) is 30.3 Å². The number of rotatable bonds is 1. The highest BCUT2D eigenvalue weighted by Gasteiger charge is 2.36. The Hall–Kier alpha value is -1.84. The summed E-state index contributed by atoms with van der Waals surface area (Å²) >= 11 is 1.89. The molecule has 2 aromatic heterocycles. The fourth-order valence-corrected chi connectivity index (χ4v) is 4.86. The van der Waals surface area contributed by atoms with E-state index in [1.807, 2.05) is 11.3 Å². The molecular formula is C19H17ClN2S. The van der Waals surface area contributed by atoms with Gasteiger partial charge in [0.15, 0.2) is 0 Å². The molecule has 2 aliphatic rings. The van der Waals surface area contributed by atoms with Crippen LogP contribution < -0.4 is 12.4 Å². The van der Waals surface area contributed by atoms with Crippen LogP contribution in [0.15, 0.2) is 54.0 Å². The maximum absolute atomic E-state index is 2.57. The Labute approximate surface area is 146 Å². The molecule has 1 aromatic carbocycles.